The normalized spacial score (nSPS) is 13.6. The van der Waals surface area contributed by atoms with E-state index in [0.717, 1.165) is 52.2 Å². The molecule has 0 N–H and O–H groups in total. The molecule has 6 heteroatoms. The minimum Gasteiger partial charge on any atom is -0.493 e. The zero-order chi connectivity index (χ0) is 17.4. The molecular formula is C19H18BrN3O2. The quantitative estimate of drug-likeness (QED) is 0.666. The van der Waals surface area contributed by atoms with E-state index in [1.165, 1.54) is 11.1 Å². The van der Waals surface area contributed by atoms with Crippen LogP contribution in [0.2, 0.25) is 0 Å². The van der Waals surface area contributed by atoms with Crippen LogP contribution in [-0.2, 0) is 13.0 Å². The molecule has 0 saturated carbocycles. The van der Waals surface area contributed by atoms with Gasteiger partial charge in [-0.3, -0.25) is 0 Å². The SMILES string of the molecule is COc1cc2c(cc1OC)CN(c1ncnc3ccc(Br)cc13)CC2. The van der Waals surface area contributed by atoms with Gasteiger partial charge in [-0.2, -0.15) is 0 Å². The summed E-state index contributed by atoms with van der Waals surface area (Å²) in [6, 6.07) is 10.2. The summed E-state index contributed by atoms with van der Waals surface area (Å²) in [5.41, 5.74) is 3.49. The number of halogens is 1. The van der Waals surface area contributed by atoms with Crippen LogP contribution in [0.1, 0.15) is 11.1 Å². The van der Waals surface area contributed by atoms with Crippen molar-refractivity contribution in [3.63, 3.8) is 0 Å². The van der Waals surface area contributed by atoms with Crippen molar-refractivity contribution >= 4 is 32.7 Å². The molecule has 0 aliphatic carbocycles. The highest BCUT2D eigenvalue weighted by atomic mass is 79.9. The molecule has 0 amide bonds. The van der Waals surface area contributed by atoms with Crippen LogP contribution in [0.4, 0.5) is 5.82 Å². The van der Waals surface area contributed by atoms with Gasteiger partial charge >= 0.3 is 0 Å². The van der Waals surface area contributed by atoms with Gasteiger partial charge in [-0.05, 0) is 47.9 Å². The first-order chi connectivity index (χ1) is 12.2. The fourth-order valence-corrected chi connectivity index (χ4v) is 3.69. The van der Waals surface area contributed by atoms with Crippen LogP contribution in [0.5, 0.6) is 11.5 Å². The molecule has 0 unspecified atom stereocenters. The molecule has 1 aliphatic rings. The lowest BCUT2D eigenvalue weighted by Gasteiger charge is -2.31. The summed E-state index contributed by atoms with van der Waals surface area (Å²) in [5, 5.41) is 1.06. The number of fused-ring (bicyclic) bond motifs is 2. The number of ether oxygens (including phenoxy) is 2. The molecule has 1 aliphatic heterocycles. The first kappa shape index (κ1) is 16.1. The highest BCUT2D eigenvalue weighted by molar-refractivity contribution is 9.10. The van der Waals surface area contributed by atoms with E-state index in [9.17, 15) is 0 Å². The molecule has 0 radical (unpaired) electrons. The summed E-state index contributed by atoms with van der Waals surface area (Å²) >= 11 is 3.55. The summed E-state index contributed by atoms with van der Waals surface area (Å²) in [4.78, 5) is 11.2. The van der Waals surface area contributed by atoms with Crippen molar-refractivity contribution in [2.45, 2.75) is 13.0 Å². The minimum absolute atomic E-state index is 0.762. The van der Waals surface area contributed by atoms with Crippen molar-refractivity contribution in [3.8, 4) is 11.5 Å². The van der Waals surface area contributed by atoms with Crippen molar-refractivity contribution in [2.75, 3.05) is 25.7 Å². The van der Waals surface area contributed by atoms with Crippen LogP contribution in [-0.4, -0.2) is 30.7 Å². The number of methoxy groups -OCH3 is 2. The standard InChI is InChI=1S/C19H18BrN3O2/c1-24-17-7-12-5-6-23(10-13(12)8-18(17)25-2)19-15-9-14(20)3-4-16(15)21-11-22-19/h3-4,7-9,11H,5-6,10H2,1-2H3. The highest BCUT2D eigenvalue weighted by Crippen LogP contribution is 2.35. The van der Waals surface area contributed by atoms with E-state index in [4.69, 9.17) is 9.47 Å². The van der Waals surface area contributed by atoms with Gasteiger partial charge in [-0.1, -0.05) is 15.9 Å². The van der Waals surface area contributed by atoms with E-state index in [1.807, 2.05) is 12.1 Å². The van der Waals surface area contributed by atoms with Crippen LogP contribution in [0.3, 0.4) is 0 Å². The van der Waals surface area contributed by atoms with Crippen molar-refractivity contribution < 1.29 is 9.47 Å². The maximum atomic E-state index is 5.45. The van der Waals surface area contributed by atoms with Crippen LogP contribution in [0.25, 0.3) is 10.9 Å². The first-order valence-corrected chi connectivity index (χ1v) is 8.88. The van der Waals surface area contributed by atoms with E-state index in [1.54, 1.807) is 20.5 Å². The lowest BCUT2D eigenvalue weighted by Crippen LogP contribution is -2.31. The lowest BCUT2D eigenvalue weighted by molar-refractivity contribution is 0.353. The Balaban J connectivity index is 1.75. The van der Waals surface area contributed by atoms with E-state index >= 15 is 0 Å². The number of rotatable bonds is 3. The molecule has 0 saturated heterocycles. The topological polar surface area (TPSA) is 47.5 Å². The smallest absolute Gasteiger partial charge is 0.161 e. The molecule has 128 valence electrons. The van der Waals surface area contributed by atoms with Gasteiger partial charge in [0.2, 0.25) is 0 Å². The Labute approximate surface area is 154 Å². The molecular weight excluding hydrogens is 382 g/mol. The predicted octanol–water partition coefficient (Wildman–Crippen LogP) is 3.97. The third kappa shape index (κ3) is 2.91. The van der Waals surface area contributed by atoms with E-state index < -0.39 is 0 Å². The van der Waals surface area contributed by atoms with Gasteiger partial charge < -0.3 is 14.4 Å². The van der Waals surface area contributed by atoms with Gasteiger partial charge in [-0.15, -0.1) is 0 Å². The van der Waals surface area contributed by atoms with E-state index in [0.29, 0.717) is 0 Å². The molecule has 5 nitrogen and oxygen atoms in total. The highest BCUT2D eigenvalue weighted by Gasteiger charge is 2.22. The number of aromatic nitrogens is 2. The van der Waals surface area contributed by atoms with Gasteiger partial charge in [-0.25, -0.2) is 9.97 Å². The van der Waals surface area contributed by atoms with Gasteiger partial charge in [0, 0.05) is 22.9 Å². The Morgan fingerprint density at radius 3 is 2.52 bits per heavy atom. The average molecular weight is 400 g/mol. The van der Waals surface area contributed by atoms with Crippen molar-refractivity contribution in [2.24, 2.45) is 0 Å². The molecule has 0 bridgehead atoms. The lowest BCUT2D eigenvalue weighted by atomic mass is 9.98. The number of benzene rings is 2. The number of nitrogens with zero attached hydrogens (tertiary/aromatic N) is 3. The Kier molecular flexibility index (Phi) is 4.21. The average Bonchev–Trinajstić information content (AvgIpc) is 2.65. The zero-order valence-corrected chi connectivity index (χ0v) is 15.7. The second kappa shape index (κ2) is 6.52. The number of hydrogen-bond donors (Lipinski definition) is 0. The van der Waals surface area contributed by atoms with E-state index in [-0.39, 0.29) is 0 Å². The molecule has 2 aromatic carbocycles. The van der Waals surface area contributed by atoms with Crippen molar-refractivity contribution in [1.29, 1.82) is 0 Å². The first-order valence-electron chi connectivity index (χ1n) is 8.08. The fraction of sp³-hybridized carbons (Fsp3) is 0.263. The number of hydrogen-bond acceptors (Lipinski definition) is 5. The third-order valence-corrected chi connectivity index (χ3v) is 5.09. The maximum absolute atomic E-state index is 5.45. The largest absolute Gasteiger partial charge is 0.493 e. The Morgan fingerprint density at radius 2 is 1.76 bits per heavy atom. The Hall–Kier alpha value is -2.34. The van der Waals surface area contributed by atoms with Crippen LogP contribution < -0.4 is 14.4 Å². The minimum atomic E-state index is 0.762. The molecule has 25 heavy (non-hydrogen) atoms. The molecule has 0 fully saturated rings. The molecule has 3 aromatic rings. The van der Waals surface area contributed by atoms with Gasteiger partial charge in [0.15, 0.2) is 11.5 Å². The fourth-order valence-electron chi connectivity index (χ4n) is 3.33. The van der Waals surface area contributed by atoms with Gasteiger partial charge in [0.1, 0.15) is 12.1 Å². The Bertz CT molecular complexity index is 945. The number of anilines is 1. The molecule has 0 spiro atoms. The summed E-state index contributed by atoms with van der Waals surface area (Å²) in [6.45, 7) is 1.69. The van der Waals surface area contributed by atoms with Crippen LogP contribution in [0.15, 0.2) is 41.1 Å². The van der Waals surface area contributed by atoms with Crippen molar-refractivity contribution in [3.05, 3.63) is 52.3 Å². The Morgan fingerprint density at radius 1 is 1.00 bits per heavy atom. The molecule has 1 aromatic heterocycles. The van der Waals surface area contributed by atoms with Crippen LogP contribution in [0, 0.1) is 0 Å². The summed E-state index contributed by atoms with van der Waals surface area (Å²) in [5.74, 6) is 2.51. The molecule has 0 atom stereocenters. The summed E-state index contributed by atoms with van der Waals surface area (Å²) < 4.78 is 11.9. The molecule has 4 rings (SSSR count). The maximum Gasteiger partial charge on any atom is 0.161 e. The van der Waals surface area contributed by atoms with Gasteiger partial charge in [0.05, 0.1) is 19.7 Å². The predicted molar refractivity (Wildman–Crippen MR) is 102 cm³/mol. The van der Waals surface area contributed by atoms with E-state index in [2.05, 4.69) is 49.0 Å². The van der Waals surface area contributed by atoms with Gasteiger partial charge in [0.25, 0.3) is 0 Å². The second-order valence-corrected chi connectivity index (χ2v) is 6.92. The van der Waals surface area contributed by atoms with Crippen LogP contribution >= 0.6 is 15.9 Å². The second-order valence-electron chi connectivity index (χ2n) is 6.01. The molecule has 2 heterocycles. The van der Waals surface area contributed by atoms with Crippen molar-refractivity contribution in [1.82, 2.24) is 9.97 Å². The zero-order valence-electron chi connectivity index (χ0n) is 14.1. The summed E-state index contributed by atoms with van der Waals surface area (Å²) in [6.07, 6.45) is 2.57. The monoisotopic (exact) mass is 399 g/mol. The third-order valence-electron chi connectivity index (χ3n) is 4.59. The summed E-state index contributed by atoms with van der Waals surface area (Å²) in [7, 11) is 3.34.